The van der Waals surface area contributed by atoms with E-state index in [0.29, 0.717) is 0 Å². The van der Waals surface area contributed by atoms with Crippen molar-refractivity contribution < 1.29 is 4.39 Å². The van der Waals surface area contributed by atoms with Crippen molar-refractivity contribution in [2.45, 2.75) is 12.5 Å². The van der Waals surface area contributed by atoms with Crippen LogP contribution in [-0.2, 0) is 0 Å². The van der Waals surface area contributed by atoms with Crippen LogP contribution in [0.4, 0.5) is 10.1 Å². The summed E-state index contributed by atoms with van der Waals surface area (Å²) < 4.78 is 13.3. The van der Waals surface area contributed by atoms with E-state index in [-0.39, 0.29) is 11.9 Å². The number of para-hydroxylation sites is 1. The van der Waals surface area contributed by atoms with Gasteiger partial charge in [-0.15, -0.1) is 0 Å². The summed E-state index contributed by atoms with van der Waals surface area (Å²) in [5.41, 5.74) is 2.19. The Morgan fingerprint density at radius 1 is 1.10 bits per heavy atom. The van der Waals surface area contributed by atoms with Gasteiger partial charge in [0.15, 0.2) is 0 Å². The molecule has 2 rings (SSSR count). The van der Waals surface area contributed by atoms with Gasteiger partial charge in [-0.2, -0.15) is 0 Å². The van der Waals surface area contributed by atoms with Crippen LogP contribution in [0.15, 0.2) is 54.6 Å². The van der Waals surface area contributed by atoms with Gasteiger partial charge in [0, 0.05) is 25.3 Å². The number of rotatable bonds is 6. The molecule has 1 unspecified atom stereocenters. The van der Waals surface area contributed by atoms with E-state index >= 15 is 0 Å². The molecule has 0 amide bonds. The van der Waals surface area contributed by atoms with Gasteiger partial charge < -0.3 is 10.2 Å². The number of benzene rings is 2. The molecule has 0 spiro atoms. The summed E-state index contributed by atoms with van der Waals surface area (Å²) in [4.78, 5) is 2.21. The molecule has 0 saturated carbocycles. The highest BCUT2D eigenvalue weighted by Crippen LogP contribution is 2.19. The highest BCUT2D eigenvalue weighted by atomic mass is 19.1. The van der Waals surface area contributed by atoms with E-state index < -0.39 is 0 Å². The van der Waals surface area contributed by atoms with Crippen molar-refractivity contribution >= 4 is 5.69 Å². The first-order valence-electron chi connectivity index (χ1n) is 6.89. The largest absolute Gasteiger partial charge is 0.375 e. The van der Waals surface area contributed by atoms with Gasteiger partial charge in [-0.1, -0.05) is 30.3 Å². The van der Waals surface area contributed by atoms with Crippen molar-refractivity contribution in [2.24, 2.45) is 0 Å². The SMILES string of the molecule is CNC(CCN(C)c1ccccc1)c1cccc(F)c1. The Bertz CT molecular complexity index is 528. The van der Waals surface area contributed by atoms with Crippen molar-refractivity contribution in [3.05, 3.63) is 66.0 Å². The zero-order chi connectivity index (χ0) is 14.4. The second kappa shape index (κ2) is 7.06. The maximum atomic E-state index is 13.3. The summed E-state index contributed by atoms with van der Waals surface area (Å²) in [7, 11) is 3.99. The minimum atomic E-state index is -0.181. The highest BCUT2D eigenvalue weighted by Gasteiger charge is 2.11. The molecule has 2 aromatic rings. The first-order valence-corrected chi connectivity index (χ1v) is 6.89. The van der Waals surface area contributed by atoms with E-state index in [2.05, 4.69) is 29.4 Å². The fourth-order valence-electron chi connectivity index (χ4n) is 2.34. The Labute approximate surface area is 120 Å². The van der Waals surface area contributed by atoms with Crippen LogP contribution in [0.1, 0.15) is 18.0 Å². The van der Waals surface area contributed by atoms with Gasteiger partial charge in [-0.05, 0) is 43.3 Å². The third kappa shape index (κ3) is 3.81. The first-order chi connectivity index (χ1) is 9.70. The Balaban J connectivity index is 1.97. The molecule has 1 N–H and O–H groups in total. The fourth-order valence-corrected chi connectivity index (χ4v) is 2.34. The van der Waals surface area contributed by atoms with Crippen LogP contribution in [-0.4, -0.2) is 20.6 Å². The number of halogens is 1. The van der Waals surface area contributed by atoms with E-state index in [0.717, 1.165) is 18.5 Å². The predicted molar refractivity (Wildman–Crippen MR) is 82.5 cm³/mol. The van der Waals surface area contributed by atoms with Crippen LogP contribution in [0, 0.1) is 5.82 Å². The molecule has 106 valence electrons. The molecule has 0 aliphatic heterocycles. The van der Waals surface area contributed by atoms with Crippen LogP contribution in [0.3, 0.4) is 0 Å². The van der Waals surface area contributed by atoms with E-state index in [4.69, 9.17) is 0 Å². The predicted octanol–water partition coefficient (Wildman–Crippen LogP) is 3.61. The monoisotopic (exact) mass is 272 g/mol. The van der Waals surface area contributed by atoms with Gasteiger partial charge >= 0.3 is 0 Å². The number of hydrogen-bond donors (Lipinski definition) is 1. The minimum absolute atomic E-state index is 0.164. The molecule has 0 heterocycles. The lowest BCUT2D eigenvalue weighted by molar-refractivity contribution is 0.542. The normalized spacial score (nSPS) is 12.2. The Morgan fingerprint density at radius 3 is 2.50 bits per heavy atom. The van der Waals surface area contributed by atoms with Crippen molar-refractivity contribution in [1.82, 2.24) is 5.32 Å². The molecule has 2 nitrogen and oxygen atoms in total. The van der Waals surface area contributed by atoms with Crippen molar-refractivity contribution in [1.29, 1.82) is 0 Å². The third-order valence-corrected chi connectivity index (χ3v) is 3.55. The number of nitrogens with one attached hydrogen (secondary N) is 1. The zero-order valence-corrected chi connectivity index (χ0v) is 12.0. The quantitative estimate of drug-likeness (QED) is 0.864. The lowest BCUT2D eigenvalue weighted by Gasteiger charge is -2.23. The van der Waals surface area contributed by atoms with Crippen LogP contribution >= 0.6 is 0 Å². The third-order valence-electron chi connectivity index (χ3n) is 3.55. The van der Waals surface area contributed by atoms with Crippen LogP contribution in [0.25, 0.3) is 0 Å². The molecule has 2 aromatic carbocycles. The molecule has 0 fully saturated rings. The smallest absolute Gasteiger partial charge is 0.123 e. The van der Waals surface area contributed by atoms with E-state index in [1.807, 2.05) is 31.3 Å². The lowest BCUT2D eigenvalue weighted by Crippen LogP contribution is -2.25. The summed E-state index contributed by atoms with van der Waals surface area (Å²) >= 11 is 0. The number of nitrogens with zero attached hydrogens (tertiary/aromatic N) is 1. The average Bonchev–Trinajstić information content (AvgIpc) is 2.48. The first kappa shape index (κ1) is 14.5. The molecular formula is C17H21FN2. The van der Waals surface area contributed by atoms with Gasteiger partial charge in [-0.3, -0.25) is 0 Å². The van der Waals surface area contributed by atoms with Gasteiger partial charge in [0.25, 0.3) is 0 Å². The van der Waals surface area contributed by atoms with Gasteiger partial charge in [-0.25, -0.2) is 4.39 Å². The molecular weight excluding hydrogens is 251 g/mol. The summed E-state index contributed by atoms with van der Waals surface area (Å²) in [6.07, 6.45) is 0.922. The maximum absolute atomic E-state index is 13.3. The summed E-state index contributed by atoms with van der Waals surface area (Å²) in [5, 5.41) is 3.26. The summed E-state index contributed by atoms with van der Waals surface area (Å²) in [6.45, 7) is 0.909. The zero-order valence-electron chi connectivity index (χ0n) is 12.0. The lowest BCUT2D eigenvalue weighted by atomic mass is 10.0. The van der Waals surface area contributed by atoms with Crippen molar-refractivity contribution in [3.63, 3.8) is 0 Å². The Hall–Kier alpha value is -1.87. The van der Waals surface area contributed by atoms with Gasteiger partial charge in [0.05, 0.1) is 0 Å². The van der Waals surface area contributed by atoms with E-state index in [1.165, 1.54) is 11.8 Å². The van der Waals surface area contributed by atoms with Gasteiger partial charge in [0.2, 0.25) is 0 Å². The Kier molecular flexibility index (Phi) is 5.13. The fraction of sp³-hybridized carbons (Fsp3) is 0.294. The molecule has 0 saturated heterocycles. The molecule has 20 heavy (non-hydrogen) atoms. The topological polar surface area (TPSA) is 15.3 Å². The highest BCUT2D eigenvalue weighted by molar-refractivity contribution is 5.44. The van der Waals surface area contributed by atoms with Crippen LogP contribution in [0.2, 0.25) is 0 Å². The molecule has 1 atom stereocenters. The summed E-state index contributed by atoms with van der Waals surface area (Å²) in [6, 6.07) is 17.2. The number of hydrogen-bond acceptors (Lipinski definition) is 2. The Morgan fingerprint density at radius 2 is 1.85 bits per heavy atom. The summed E-state index contributed by atoms with van der Waals surface area (Å²) in [5.74, 6) is -0.181. The van der Waals surface area contributed by atoms with Crippen LogP contribution < -0.4 is 10.2 Å². The van der Waals surface area contributed by atoms with Crippen molar-refractivity contribution in [2.75, 3.05) is 25.5 Å². The van der Waals surface area contributed by atoms with E-state index in [9.17, 15) is 4.39 Å². The van der Waals surface area contributed by atoms with E-state index in [1.54, 1.807) is 12.1 Å². The molecule has 0 aromatic heterocycles. The molecule has 0 aliphatic carbocycles. The second-order valence-electron chi connectivity index (χ2n) is 4.94. The molecule has 3 heteroatoms. The van der Waals surface area contributed by atoms with Gasteiger partial charge in [0.1, 0.15) is 5.82 Å². The maximum Gasteiger partial charge on any atom is 0.123 e. The standard InChI is InChI=1S/C17H21FN2/c1-19-17(14-7-6-8-15(18)13-14)11-12-20(2)16-9-4-3-5-10-16/h3-10,13,17,19H,11-12H2,1-2H3. The minimum Gasteiger partial charge on any atom is -0.375 e. The van der Waals surface area contributed by atoms with Crippen LogP contribution in [0.5, 0.6) is 0 Å². The number of anilines is 1. The molecule has 0 bridgehead atoms. The van der Waals surface area contributed by atoms with Crippen molar-refractivity contribution in [3.8, 4) is 0 Å². The average molecular weight is 272 g/mol. The second-order valence-corrected chi connectivity index (χ2v) is 4.94. The molecule has 0 radical (unpaired) electrons. The molecule has 0 aliphatic rings.